The van der Waals surface area contributed by atoms with Gasteiger partial charge in [-0.2, -0.15) is 0 Å². The van der Waals surface area contributed by atoms with Crippen LogP contribution < -0.4 is 5.32 Å². The van der Waals surface area contributed by atoms with E-state index in [0.29, 0.717) is 5.92 Å². The van der Waals surface area contributed by atoms with Gasteiger partial charge in [0.2, 0.25) is 0 Å². The van der Waals surface area contributed by atoms with Crippen LogP contribution in [0.5, 0.6) is 0 Å². The monoisotopic (exact) mass is 258 g/mol. The van der Waals surface area contributed by atoms with Crippen molar-refractivity contribution in [3.8, 4) is 0 Å². The molecule has 0 heterocycles. The molecule has 18 heavy (non-hydrogen) atoms. The minimum Gasteiger partial charge on any atom is -0.394 e. The fourth-order valence-electron chi connectivity index (χ4n) is 2.40. The molecule has 2 unspecified atom stereocenters. The van der Waals surface area contributed by atoms with Gasteiger partial charge in [-0.1, -0.05) is 41.0 Å². The second-order valence-electron chi connectivity index (χ2n) is 5.46. The number of aliphatic hydroxyl groups is 1. The quantitative estimate of drug-likeness (QED) is 0.598. The van der Waals surface area contributed by atoms with Crippen LogP contribution in [0.2, 0.25) is 0 Å². The molecule has 3 heteroatoms. The summed E-state index contributed by atoms with van der Waals surface area (Å²) in [6.45, 7) is 15.5. The first-order chi connectivity index (χ1) is 8.57. The van der Waals surface area contributed by atoms with Gasteiger partial charge in [-0.15, -0.1) is 0 Å². The number of nitrogens with zero attached hydrogens (tertiary/aromatic N) is 1. The van der Waals surface area contributed by atoms with Crippen molar-refractivity contribution in [1.82, 2.24) is 10.2 Å². The molecule has 0 aromatic rings. The average molecular weight is 258 g/mol. The van der Waals surface area contributed by atoms with Crippen molar-refractivity contribution in [2.24, 2.45) is 5.92 Å². The van der Waals surface area contributed by atoms with Gasteiger partial charge in [-0.05, 0) is 31.8 Å². The van der Waals surface area contributed by atoms with Crippen molar-refractivity contribution in [3.05, 3.63) is 0 Å². The molecular weight excluding hydrogens is 224 g/mol. The summed E-state index contributed by atoms with van der Waals surface area (Å²) in [6.07, 6.45) is 3.24. The van der Waals surface area contributed by atoms with Crippen molar-refractivity contribution in [2.45, 2.75) is 59.4 Å². The van der Waals surface area contributed by atoms with Gasteiger partial charge in [0, 0.05) is 18.6 Å². The number of likely N-dealkylation sites (N-methyl/N-ethyl adjacent to an activating group) is 1. The lowest BCUT2D eigenvalue weighted by molar-refractivity contribution is 0.126. The average Bonchev–Trinajstić information content (AvgIpc) is 2.42. The Morgan fingerprint density at radius 1 is 1.17 bits per heavy atom. The van der Waals surface area contributed by atoms with Crippen LogP contribution in [0.3, 0.4) is 0 Å². The van der Waals surface area contributed by atoms with Crippen molar-refractivity contribution in [2.75, 3.05) is 32.8 Å². The number of nitrogens with one attached hydrogen (secondary N) is 1. The molecule has 0 amide bonds. The summed E-state index contributed by atoms with van der Waals surface area (Å²) < 4.78 is 0. The predicted octanol–water partition coefficient (Wildman–Crippen LogP) is 2.50. The SMILES string of the molecule is CCC(C)CC(CC)(CO)NCCN(CC)CC. The highest BCUT2D eigenvalue weighted by molar-refractivity contribution is 4.87. The Labute approximate surface area is 114 Å². The van der Waals surface area contributed by atoms with Crippen LogP contribution in [-0.2, 0) is 0 Å². The first kappa shape index (κ1) is 17.9. The van der Waals surface area contributed by atoms with Crippen LogP contribution in [0.25, 0.3) is 0 Å². The fraction of sp³-hybridized carbons (Fsp3) is 1.00. The number of hydrogen-bond donors (Lipinski definition) is 2. The maximum atomic E-state index is 9.72. The lowest BCUT2D eigenvalue weighted by Gasteiger charge is -2.35. The standard InChI is InChI=1S/C15H34N2O/c1-6-14(5)12-15(7-2,13-18)16-10-11-17(8-3)9-4/h14,16,18H,6-13H2,1-5H3. The van der Waals surface area contributed by atoms with Crippen molar-refractivity contribution < 1.29 is 5.11 Å². The van der Waals surface area contributed by atoms with E-state index in [1.807, 2.05) is 0 Å². The second kappa shape index (κ2) is 9.76. The highest BCUT2D eigenvalue weighted by atomic mass is 16.3. The zero-order valence-electron chi connectivity index (χ0n) is 13.1. The third-order valence-corrected chi connectivity index (χ3v) is 4.24. The van der Waals surface area contributed by atoms with Crippen molar-refractivity contribution >= 4 is 0 Å². The summed E-state index contributed by atoms with van der Waals surface area (Å²) in [5.41, 5.74) is -0.0808. The number of rotatable bonds is 11. The Kier molecular flexibility index (Phi) is 9.70. The smallest absolute Gasteiger partial charge is 0.0613 e. The van der Waals surface area contributed by atoms with Crippen molar-refractivity contribution in [3.63, 3.8) is 0 Å². The maximum absolute atomic E-state index is 9.72. The third kappa shape index (κ3) is 6.17. The Hall–Kier alpha value is -0.120. The molecule has 0 radical (unpaired) electrons. The lowest BCUT2D eigenvalue weighted by Crippen LogP contribution is -2.51. The molecule has 0 spiro atoms. The molecule has 0 aromatic carbocycles. The minimum atomic E-state index is -0.0808. The maximum Gasteiger partial charge on any atom is 0.0613 e. The molecule has 0 aromatic heterocycles. The summed E-state index contributed by atoms with van der Waals surface area (Å²) in [6, 6.07) is 0. The minimum absolute atomic E-state index is 0.0808. The van der Waals surface area contributed by atoms with Gasteiger partial charge in [-0.25, -0.2) is 0 Å². The highest BCUT2D eigenvalue weighted by Gasteiger charge is 2.28. The van der Waals surface area contributed by atoms with Gasteiger partial charge in [0.25, 0.3) is 0 Å². The topological polar surface area (TPSA) is 35.5 Å². The third-order valence-electron chi connectivity index (χ3n) is 4.24. The van der Waals surface area contributed by atoms with E-state index in [9.17, 15) is 5.11 Å². The summed E-state index contributed by atoms with van der Waals surface area (Å²) in [5, 5.41) is 13.3. The van der Waals surface area contributed by atoms with Gasteiger partial charge in [0.1, 0.15) is 0 Å². The Bertz CT molecular complexity index is 189. The molecule has 0 fully saturated rings. The first-order valence-corrected chi connectivity index (χ1v) is 7.65. The van der Waals surface area contributed by atoms with E-state index in [4.69, 9.17) is 0 Å². The van der Waals surface area contributed by atoms with Gasteiger partial charge in [-0.3, -0.25) is 0 Å². The normalized spacial score (nSPS) is 16.8. The molecule has 0 aliphatic rings. The molecule has 0 bridgehead atoms. The van der Waals surface area contributed by atoms with Gasteiger partial charge in [0.05, 0.1) is 6.61 Å². The molecule has 0 rings (SSSR count). The Morgan fingerprint density at radius 3 is 2.17 bits per heavy atom. The van der Waals surface area contributed by atoms with Gasteiger partial charge < -0.3 is 15.3 Å². The van der Waals surface area contributed by atoms with Crippen LogP contribution in [-0.4, -0.2) is 48.3 Å². The predicted molar refractivity (Wildman–Crippen MR) is 80.0 cm³/mol. The van der Waals surface area contributed by atoms with Crippen LogP contribution >= 0.6 is 0 Å². The molecular formula is C15H34N2O. The molecule has 0 saturated heterocycles. The first-order valence-electron chi connectivity index (χ1n) is 7.65. The van der Waals surface area contributed by atoms with Crippen LogP contribution in [0.1, 0.15) is 53.9 Å². The summed E-state index contributed by atoms with van der Waals surface area (Å²) in [7, 11) is 0. The fourth-order valence-corrected chi connectivity index (χ4v) is 2.40. The number of hydrogen-bond acceptors (Lipinski definition) is 3. The van der Waals surface area contributed by atoms with Crippen molar-refractivity contribution in [1.29, 1.82) is 0 Å². The summed E-state index contributed by atoms with van der Waals surface area (Å²) >= 11 is 0. The van der Waals surface area contributed by atoms with E-state index in [0.717, 1.165) is 39.0 Å². The van der Waals surface area contributed by atoms with E-state index < -0.39 is 0 Å². The van der Waals surface area contributed by atoms with Crippen LogP contribution in [0.15, 0.2) is 0 Å². The van der Waals surface area contributed by atoms with Crippen LogP contribution in [0, 0.1) is 5.92 Å². The molecule has 3 nitrogen and oxygen atoms in total. The molecule has 0 aliphatic carbocycles. The molecule has 0 aliphatic heterocycles. The summed E-state index contributed by atoms with van der Waals surface area (Å²) in [4.78, 5) is 2.41. The number of aliphatic hydroxyl groups excluding tert-OH is 1. The second-order valence-corrected chi connectivity index (χ2v) is 5.46. The van der Waals surface area contributed by atoms with Gasteiger partial charge in [0.15, 0.2) is 0 Å². The van der Waals surface area contributed by atoms with E-state index in [2.05, 4.69) is 44.8 Å². The van der Waals surface area contributed by atoms with E-state index in [-0.39, 0.29) is 12.1 Å². The molecule has 2 atom stereocenters. The zero-order valence-corrected chi connectivity index (χ0v) is 13.1. The van der Waals surface area contributed by atoms with E-state index in [1.165, 1.54) is 6.42 Å². The zero-order chi connectivity index (χ0) is 14.0. The molecule has 2 N–H and O–H groups in total. The highest BCUT2D eigenvalue weighted by Crippen LogP contribution is 2.22. The Balaban J connectivity index is 4.25. The largest absolute Gasteiger partial charge is 0.394 e. The van der Waals surface area contributed by atoms with Crippen LogP contribution in [0.4, 0.5) is 0 Å². The van der Waals surface area contributed by atoms with E-state index >= 15 is 0 Å². The Morgan fingerprint density at radius 2 is 1.78 bits per heavy atom. The molecule has 0 saturated carbocycles. The van der Waals surface area contributed by atoms with Gasteiger partial charge >= 0.3 is 0 Å². The molecule has 110 valence electrons. The van der Waals surface area contributed by atoms with E-state index in [1.54, 1.807) is 0 Å². The summed E-state index contributed by atoms with van der Waals surface area (Å²) in [5.74, 6) is 0.665. The lowest BCUT2D eigenvalue weighted by atomic mass is 9.85.